The van der Waals surface area contributed by atoms with Crippen molar-refractivity contribution in [2.24, 2.45) is 0 Å². The monoisotopic (exact) mass is 272 g/mol. The molecule has 2 nitrogen and oxygen atoms in total. The first-order chi connectivity index (χ1) is 1.73. The summed E-state index contributed by atoms with van der Waals surface area (Å²) in [6.07, 6.45) is 0. The van der Waals surface area contributed by atoms with Crippen LogP contribution in [0.1, 0.15) is 0 Å². The predicted molar refractivity (Wildman–Crippen MR) is 14.7 cm³/mol. The van der Waals surface area contributed by atoms with Gasteiger partial charge in [-0.15, -0.1) is 0 Å². The molecule has 0 aliphatic rings. The maximum absolute atomic E-state index is 9.06. The minimum atomic E-state index is -1.72. The van der Waals surface area contributed by atoms with Crippen LogP contribution in [0.15, 0.2) is 0 Å². The van der Waals surface area contributed by atoms with Gasteiger partial charge in [0.1, 0.15) is 0 Å². The number of rotatable bonds is 0. The van der Waals surface area contributed by atoms with Gasteiger partial charge in [0.15, 0.2) is 0 Å². The van der Waals surface area contributed by atoms with Gasteiger partial charge in [-0.1, -0.05) is 0 Å². The van der Waals surface area contributed by atoms with Gasteiger partial charge in [0, 0.05) is 0 Å². The molecule has 0 aromatic carbocycles. The molecule has 0 atom stereocenters. The van der Waals surface area contributed by atoms with E-state index >= 15 is 0 Å². The minimum absolute atomic E-state index is 0.265. The zero-order chi connectivity index (χ0) is 3.58. The molecule has 22 valence electrons. The Morgan fingerprint density at radius 1 is 1.50 bits per heavy atom. The second kappa shape index (κ2) is 2.01. The molecule has 0 spiro atoms. The van der Waals surface area contributed by atoms with Crippen molar-refractivity contribution in [1.29, 1.82) is 0 Å². The summed E-state index contributed by atoms with van der Waals surface area (Å²) in [5.41, 5.74) is 0. The Morgan fingerprint density at radius 3 is 1.50 bits per heavy atom. The third-order valence-corrected chi connectivity index (χ3v) is 0. The van der Waals surface area contributed by atoms with Crippen molar-refractivity contribution in [3.05, 3.63) is 0 Å². The van der Waals surface area contributed by atoms with Crippen LogP contribution in [0.25, 0.3) is 0 Å². The van der Waals surface area contributed by atoms with Crippen molar-refractivity contribution in [2.45, 2.75) is 0 Å². The predicted octanol–water partition coefficient (Wildman–Crippen LogP) is -1.05. The van der Waals surface area contributed by atoms with E-state index in [1.807, 2.05) is 0 Å². The second-order valence-electron chi connectivity index (χ2n) is 0.235. The molecular formula is O2PbS. The van der Waals surface area contributed by atoms with Crippen LogP contribution in [0.3, 0.4) is 0 Å². The first kappa shape index (κ1) is 4.74. The van der Waals surface area contributed by atoms with Gasteiger partial charge < -0.3 is 0 Å². The summed E-state index contributed by atoms with van der Waals surface area (Å²) in [5, 5.41) is 0. The summed E-state index contributed by atoms with van der Waals surface area (Å²) >= 11 is 0.265. The van der Waals surface area contributed by atoms with E-state index in [0.717, 1.165) is 0 Å². The fraction of sp³-hybridized carbons (Fsp3) is 0. The standard InChI is InChI=1S/O2S.Pb/c1-3-2;. The van der Waals surface area contributed by atoms with E-state index in [0.29, 0.717) is 0 Å². The molecule has 0 unspecified atom stereocenters. The quantitative estimate of drug-likeness (QED) is 0.527. The van der Waals surface area contributed by atoms with Crippen molar-refractivity contribution in [3.8, 4) is 0 Å². The van der Waals surface area contributed by atoms with E-state index in [-0.39, 0.29) is 23.7 Å². The van der Waals surface area contributed by atoms with Gasteiger partial charge in [-0.05, 0) is 0 Å². The molecule has 2 radical (unpaired) electrons. The summed E-state index contributed by atoms with van der Waals surface area (Å²) in [5.74, 6) is 0. The first-order valence-corrected chi connectivity index (χ1v) is 6.37. The Balaban J connectivity index is 4.65. The summed E-state index contributed by atoms with van der Waals surface area (Å²) in [6, 6.07) is 0. The average Bonchev–Trinajstić information content (AvgIpc) is 0.811. The van der Waals surface area contributed by atoms with Crippen LogP contribution in [0.4, 0.5) is 0 Å². The molecule has 4 heavy (non-hydrogen) atoms. The van der Waals surface area contributed by atoms with Crippen molar-refractivity contribution in [3.63, 3.8) is 0 Å². The molecule has 0 saturated heterocycles. The topological polar surface area (TPSA) is 34.1 Å². The molecule has 0 saturated carbocycles. The van der Waals surface area contributed by atoms with Crippen molar-refractivity contribution >= 4 is 30.4 Å². The van der Waals surface area contributed by atoms with E-state index in [1.165, 1.54) is 0 Å². The van der Waals surface area contributed by atoms with E-state index in [1.54, 1.807) is 0 Å². The van der Waals surface area contributed by atoms with Crippen LogP contribution in [0, 0.1) is 0 Å². The summed E-state index contributed by atoms with van der Waals surface area (Å²) in [7, 11) is 0. The molecule has 0 aliphatic heterocycles. The Morgan fingerprint density at radius 2 is 1.50 bits per heavy atom. The third kappa shape index (κ3) is 15.1. The van der Waals surface area contributed by atoms with E-state index in [9.17, 15) is 0 Å². The fourth-order valence-corrected chi connectivity index (χ4v) is 0. The Hall–Kier alpha value is 0.742. The zero-order valence-corrected chi connectivity index (χ0v) is 6.43. The molecule has 0 amide bonds. The van der Waals surface area contributed by atoms with Crippen molar-refractivity contribution in [1.82, 2.24) is 0 Å². The van der Waals surface area contributed by atoms with Crippen LogP contribution in [0.2, 0.25) is 0 Å². The average molecular weight is 271 g/mol. The molecule has 0 aliphatic carbocycles. The van der Waals surface area contributed by atoms with Gasteiger partial charge in [0.25, 0.3) is 0 Å². The van der Waals surface area contributed by atoms with Crippen LogP contribution in [0.5, 0.6) is 0 Å². The van der Waals surface area contributed by atoms with Gasteiger partial charge in [0.05, 0.1) is 0 Å². The Bertz CT molecular complexity index is 75.4. The third-order valence-electron chi connectivity index (χ3n) is 0. The normalized spacial score (nSPS) is 6.00. The molecule has 0 heterocycles. The number of hydrogen-bond acceptors (Lipinski definition) is 2. The van der Waals surface area contributed by atoms with Gasteiger partial charge in [-0.3, -0.25) is 0 Å². The van der Waals surface area contributed by atoms with E-state index in [4.69, 9.17) is 8.42 Å². The van der Waals surface area contributed by atoms with Crippen LogP contribution in [-0.4, -0.2) is 32.1 Å². The SMILES string of the molecule is O=[S](=O)=[Pb]. The van der Waals surface area contributed by atoms with Gasteiger partial charge in [0.2, 0.25) is 0 Å². The number of hydrogen-bond donors (Lipinski definition) is 0. The van der Waals surface area contributed by atoms with E-state index in [2.05, 4.69) is 0 Å². The molecule has 0 rings (SSSR count). The molecule has 0 aromatic rings. The summed E-state index contributed by atoms with van der Waals surface area (Å²) in [4.78, 5) is 0. The first-order valence-electron chi connectivity index (χ1n) is 0.537. The fourth-order valence-electron chi connectivity index (χ4n) is 0. The van der Waals surface area contributed by atoms with Gasteiger partial charge in [-0.2, -0.15) is 0 Å². The maximum atomic E-state index is 9.06. The van der Waals surface area contributed by atoms with Crippen LogP contribution >= 0.6 is 0 Å². The van der Waals surface area contributed by atoms with Crippen molar-refractivity contribution in [2.75, 3.05) is 0 Å². The van der Waals surface area contributed by atoms with E-state index < -0.39 is 6.72 Å². The molecule has 0 bridgehead atoms. The molecular weight excluding hydrogens is 271 g/mol. The van der Waals surface area contributed by atoms with Gasteiger partial charge >= 0.3 is 38.8 Å². The van der Waals surface area contributed by atoms with Gasteiger partial charge in [-0.25, -0.2) is 0 Å². The van der Waals surface area contributed by atoms with Crippen LogP contribution < -0.4 is 0 Å². The van der Waals surface area contributed by atoms with Crippen molar-refractivity contribution < 1.29 is 8.42 Å². The Kier molecular flexibility index (Phi) is 2.38. The Labute approximate surface area is 38.9 Å². The summed E-state index contributed by atoms with van der Waals surface area (Å²) < 4.78 is 18.1. The summed E-state index contributed by atoms with van der Waals surface area (Å²) in [6.45, 7) is -1.72. The molecule has 0 fully saturated rings. The molecule has 0 N–H and O–H groups in total. The second-order valence-corrected chi connectivity index (χ2v) is 4.59. The zero-order valence-electron chi connectivity index (χ0n) is 1.72. The van der Waals surface area contributed by atoms with Crippen LogP contribution in [-0.2, 0) is 6.72 Å². The molecule has 4 heteroatoms. The molecule has 0 aromatic heterocycles.